The SMILES string of the molecule is CC(NC(=O)CSCC(=O)Nc1cccc(Br)c1)c1ccc(Br)cc1. The highest BCUT2D eigenvalue weighted by atomic mass is 79.9. The van der Waals surface area contributed by atoms with Gasteiger partial charge in [-0.1, -0.05) is 50.1 Å². The smallest absolute Gasteiger partial charge is 0.234 e. The molecule has 2 N–H and O–H groups in total. The van der Waals surface area contributed by atoms with E-state index < -0.39 is 0 Å². The molecule has 25 heavy (non-hydrogen) atoms. The second kappa shape index (κ2) is 9.99. The molecule has 0 aromatic heterocycles. The van der Waals surface area contributed by atoms with Crippen molar-refractivity contribution in [2.24, 2.45) is 0 Å². The van der Waals surface area contributed by atoms with Gasteiger partial charge in [-0.2, -0.15) is 0 Å². The average Bonchev–Trinajstić information content (AvgIpc) is 2.55. The first kappa shape index (κ1) is 20.0. The van der Waals surface area contributed by atoms with Crippen molar-refractivity contribution in [1.82, 2.24) is 5.32 Å². The monoisotopic (exact) mass is 484 g/mol. The summed E-state index contributed by atoms with van der Waals surface area (Å²) >= 11 is 8.04. The third-order valence-corrected chi connectivity index (χ3v) is 5.28. The summed E-state index contributed by atoms with van der Waals surface area (Å²) in [6, 6.07) is 15.1. The van der Waals surface area contributed by atoms with Crippen molar-refractivity contribution in [2.75, 3.05) is 16.8 Å². The number of benzene rings is 2. The van der Waals surface area contributed by atoms with Crippen molar-refractivity contribution in [1.29, 1.82) is 0 Å². The molecule has 1 unspecified atom stereocenters. The molecule has 0 bridgehead atoms. The van der Waals surface area contributed by atoms with Crippen LogP contribution >= 0.6 is 43.6 Å². The fraction of sp³-hybridized carbons (Fsp3) is 0.222. The Morgan fingerprint density at radius 3 is 2.36 bits per heavy atom. The molecule has 132 valence electrons. The normalized spacial score (nSPS) is 11.6. The fourth-order valence-corrected chi connectivity index (χ4v) is 3.41. The van der Waals surface area contributed by atoms with Crippen LogP contribution in [0.1, 0.15) is 18.5 Å². The maximum absolute atomic E-state index is 12.0. The van der Waals surface area contributed by atoms with E-state index in [0.717, 1.165) is 20.2 Å². The number of carbonyl (C=O) groups is 2. The van der Waals surface area contributed by atoms with Gasteiger partial charge in [-0.15, -0.1) is 11.8 Å². The van der Waals surface area contributed by atoms with Gasteiger partial charge in [-0.3, -0.25) is 9.59 Å². The van der Waals surface area contributed by atoms with E-state index in [1.807, 2.05) is 55.5 Å². The standard InChI is InChI=1S/C18H18Br2N2O2S/c1-12(13-5-7-14(19)8-6-13)21-17(23)10-25-11-18(24)22-16-4-2-3-15(20)9-16/h2-9,12H,10-11H2,1H3,(H,21,23)(H,22,24). The van der Waals surface area contributed by atoms with Crippen LogP contribution in [0.2, 0.25) is 0 Å². The molecule has 2 amide bonds. The summed E-state index contributed by atoms with van der Waals surface area (Å²) in [6.45, 7) is 1.94. The molecule has 0 aliphatic carbocycles. The van der Waals surface area contributed by atoms with Crippen molar-refractivity contribution in [3.05, 3.63) is 63.0 Å². The Morgan fingerprint density at radius 1 is 1.00 bits per heavy atom. The number of thioether (sulfide) groups is 1. The Labute approximate surface area is 168 Å². The molecule has 2 aromatic carbocycles. The van der Waals surface area contributed by atoms with Crippen LogP contribution in [0, 0.1) is 0 Å². The van der Waals surface area contributed by atoms with Crippen molar-refractivity contribution in [3.63, 3.8) is 0 Å². The maximum atomic E-state index is 12.0. The number of rotatable bonds is 7. The first-order valence-electron chi connectivity index (χ1n) is 7.62. The minimum atomic E-state index is -0.128. The number of nitrogens with one attached hydrogen (secondary N) is 2. The van der Waals surface area contributed by atoms with Crippen LogP contribution in [0.4, 0.5) is 5.69 Å². The van der Waals surface area contributed by atoms with E-state index in [1.165, 1.54) is 11.8 Å². The van der Waals surface area contributed by atoms with E-state index in [9.17, 15) is 9.59 Å². The number of carbonyl (C=O) groups excluding carboxylic acids is 2. The lowest BCUT2D eigenvalue weighted by Gasteiger charge is -2.14. The van der Waals surface area contributed by atoms with Gasteiger partial charge >= 0.3 is 0 Å². The fourth-order valence-electron chi connectivity index (χ4n) is 2.12. The number of hydrogen-bond donors (Lipinski definition) is 2. The number of hydrogen-bond acceptors (Lipinski definition) is 3. The predicted octanol–water partition coefficient (Wildman–Crippen LogP) is 4.76. The van der Waals surface area contributed by atoms with Crippen LogP contribution in [-0.4, -0.2) is 23.3 Å². The summed E-state index contributed by atoms with van der Waals surface area (Å²) in [5.74, 6) is 0.256. The first-order valence-corrected chi connectivity index (χ1v) is 10.4. The lowest BCUT2D eigenvalue weighted by atomic mass is 10.1. The molecule has 7 heteroatoms. The third-order valence-electron chi connectivity index (χ3n) is 3.32. The van der Waals surface area contributed by atoms with Crippen LogP contribution in [0.3, 0.4) is 0 Å². The first-order chi connectivity index (χ1) is 11.9. The van der Waals surface area contributed by atoms with E-state index in [0.29, 0.717) is 0 Å². The van der Waals surface area contributed by atoms with E-state index in [4.69, 9.17) is 0 Å². The lowest BCUT2D eigenvalue weighted by Crippen LogP contribution is -2.28. The largest absolute Gasteiger partial charge is 0.349 e. The van der Waals surface area contributed by atoms with E-state index >= 15 is 0 Å². The Balaban J connectivity index is 1.71. The summed E-state index contributed by atoms with van der Waals surface area (Å²) in [5.41, 5.74) is 1.77. The Morgan fingerprint density at radius 2 is 1.68 bits per heavy atom. The molecule has 4 nitrogen and oxygen atoms in total. The van der Waals surface area contributed by atoms with Crippen LogP contribution in [0.25, 0.3) is 0 Å². The summed E-state index contributed by atoms with van der Waals surface area (Å²) < 4.78 is 1.90. The molecule has 2 aromatic rings. The van der Waals surface area contributed by atoms with Gasteiger partial charge in [0.25, 0.3) is 0 Å². The molecule has 0 heterocycles. The summed E-state index contributed by atoms with van der Waals surface area (Å²) in [4.78, 5) is 23.9. The van der Waals surface area contributed by atoms with Gasteiger partial charge in [0.2, 0.25) is 11.8 Å². The summed E-state index contributed by atoms with van der Waals surface area (Å²) in [5, 5.41) is 5.74. The lowest BCUT2D eigenvalue weighted by molar-refractivity contribution is -0.119. The van der Waals surface area contributed by atoms with Crippen LogP contribution < -0.4 is 10.6 Å². The van der Waals surface area contributed by atoms with Crippen molar-refractivity contribution >= 4 is 61.1 Å². The Bertz CT molecular complexity index is 738. The number of amides is 2. The molecule has 0 fully saturated rings. The van der Waals surface area contributed by atoms with Gasteiger partial charge in [0.15, 0.2) is 0 Å². The average molecular weight is 486 g/mol. The summed E-state index contributed by atoms with van der Waals surface area (Å²) in [7, 11) is 0. The van der Waals surface area contributed by atoms with Crippen molar-refractivity contribution < 1.29 is 9.59 Å². The number of halogens is 2. The third kappa shape index (κ3) is 7.22. The molecule has 0 aliphatic heterocycles. The molecule has 0 radical (unpaired) electrons. The topological polar surface area (TPSA) is 58.2 Å². The molecule has 1 atom stereocenters. The molecule has 0 aliphatic rings. The zero-order valence-corrected chi connectivity index (χ0v) is 17.6. The molecule has 2 rings (SSSR count). The van der Waals surface area contributed by atoms with Gasteiger partial charge in [0.1, 0.15) is 0 Å². The van der Waals surface area contributed by atoms with E-state index in [2.05, 4.69) is 42.5 Å². The highest BCUT2D eigenvalue weighted by Gasteiger charge is 2.11. The molecule has 0 saturated carbocycles. The summed E-state index contributed by atoms with van der Waals surface area (Å²) in [6.07, 6.45) is 0. The van der Waals surface area contributed by atoms with Crippen molar-refractivity contribution in [2.45, 2.75) is 13.0 Å². The quantitative estimate of drug-likeness (QED) is 0.594. The van der Waals surface area contributed by atoms with Crippen LogP contribution in [0.5, 0.6) is 0 Å². The second-order valence-electron chi connectivity index (χ2n) is 5.39. The predicted molar refractivity (Wildman–Crippen MR) is 111 cm³/mol. The zero-order valence-electron chi connectivity index (χ0n) is 13.6. The molecule has 0 saturated heterocycles. The van der Waals surface area contributed by atoms with Gasteiger partial charge in [0.05, 0.1) is 17.5 Å². The minimum Gasteiger partial charge on any atom is -0.349 e. The number of anilines is 1. The minimum absolute atomic E-state index is 0.0725. The van der Waals surface area contributed by atoms with Gasteiger partial charge in [-0.25, -0.2) is 0 Å². The molecular weight excluding hydrogens is 468 g/mol. The van der Waals surface area contributed by atoms with Crippen LogP contribution in [-0.2, 0) is 9.59 Å². The highest BCUT2D eigenvalue weighted by molar-refractivity contribution is 9.10. The van der Waals surface area contributed by atoms with Gasteiger partial charge < -0.3 is 10.6 Å². The van der Waals surface area contributed by atoms with Crippen LogP contribution in [0.15, 0.2) is 57.5 Å². The Kier molecular flexibility index (Phi) is 7.99. The Hall–Kier alpha value is -1.31. The molecular formula is C18H18Br2N2O2S. The van der Waals surface area contributed by atoms with Gasteiger partial charge in [-0.05, 0) is 42.8 Å². The van der Waals surface area contributed by atoms with E-state index in [1.54, 1.807) is 0 Å². The second-order valence-corrected chi connectivity index (χ2v) is 8.21. The highest BCUT2D eigenvalue weighted by Crippen LogP contribution is 2.17. The maximum Gasteiger partial charge on any atom is 0.234 e. The van der Waals surface area contributed by atoms with E-state index in [-0.39, 0.29) is 29.4 Å². The van der Waals surface area contributed by atoms with Gasteiger partial charge in [0, 0.05) is 14.6 Å². The molecule has 0 spiro atoms. The zero-order chi connectivity index (χ0) is 18.2. The van der Waals surface area contributed by atoms with Crippen molar-refractivity contribution in [3.8, 4) is 0 Å².